The monoisotopic (exact) mass is 209 g/mol. The molecule has 1 heterocycles. The second-order valence-corrected chi connectivity index (χ2v) is 7.67. The number of rotatable bonds is 0. The molecule has 88 valence electrons. The lowest BCUT2D eigenvalue weighted by atomic mass is 9.72. The minimum absolute atomic E-state index is 0.368. The molecule has 2 fully saturated rings. The third-order valence-corrected chi connectivity index (χ3v) is 4.94. The first-order valence-electron chi connectivity index (χ1n) is 6.42. The molecule has 0 spiro atoms. The van der Waals surface area contributed by atoms with Crippen LogP contribution in [0.25, 0.3) is 0 Å². The molecule has 0 aromatic rings. The Hall–Kier alpha value is -0.0400. The molecule has 1 aliphatic carbocycles. The number of hydrogen-bond acceptors (Lipinski definition) is 1. The van der Waals surface area contributed by atoms with E-state index in [-0.39, 0.29) is 0 Å². The Bertz CT molecular complexity index is 255. The van der Waals surface area contributed by atoms with Crippen LogP contribution in [0.2, 0.25) is 0 Å². The SMILES string of the molecule is CC(C)(C)N1CC[C@@]2(C(C)(C)C)CC2C1. The Morgan fingerprint density at radius 2 is 1.67 bits per heavy atom. The van der Waals surface area contributed by atoms with E-state index >= 15 is 0 Å². The summed E-state index contributed by atoms with van der Waals surface area (Å²) in [5.41, 5.74) is 1.57. The zero-order chi connectivity index (χ0) is 11.5. The number of nitrogens with zero attached hydrogens (tertiary/aromatic N) is 1. The Morgan fingerprint density at radius 1 is 1.07 bits per heavy atom. The number of hydrogen-bond donors (Lipinski definition) is 0. The van der Waals surface area contributed by atoms with Crippen molar-refractivity contribution >= 4 is 0 Å². The molecule has 2 atom stereocenters. The van der Waals surface area contributed by atoms with Crippen LogP contribution in [-0.4, -0.2) is 23.5 Å². The van der Waals surface area contributed by atoms with Crippen molar-refractivity contribution in [3.8, 4) is 0 Å². The van der Waals surface area contributed by atoms with Gasteiger partial charge in [-0.2, -0.15) is 0 Å². The van der Waals surface area contributed by atoms with E-state index < -0.39 is 0 Å². The lowest BCUT2D eigenvalue weighted by Crippen LogP contribution is -2.48. The molecule has 0 aromatic heterocycles. The van der Waals surface area contributed by atoms with Gasteiger partial charge in [0, 0.05) is 12.1 Å². The highest BCUT2D eigenvalue weighted by molar-refractivity contribution is 5.12. The molecule has 15 heavy (non-hydrogen) atoms. The van der Waals surface area contributed by atoms with Crippen LogP contribution >= 0.6 is 0 Å². The van der Waals surface area contributed by atoms with Crippen LogP contribution in [0.1, 0.15) is 54.4 Å². The average molecular weight is 209 g/mol. The minimum atomic E-state index is 0.368. The van der Waals surface area contributed by atoms with Crippen LogP contribution in [0.15, 0.2) is 0 Å². The van der Waals surface area contributed by atoms with Gasteiger partial charge in [0.25, 0.3) is 0 Å². The maximum atomic E-state index is 2.68. The highest BCUT2D eigenvalue weighted by Gasteiger charge is 2.62. The Morgan fingerprint density at radius 3 is 2.07 bits per heavy atom. The van der Waals surface area contributed by atoms with Gasteiger partial charge in [-0.05, 0) is 56.9 Å². The summed E-state index contributed by atoms with van der Waals surface area (Å²) < 4.78 is 0. The lowest BCUT2D eigenvalue weighted by Gasteiger charge is -2.44. The molecule has 0 aromatic carbocycles. The zero-order valence-corrected chi connectivity index (χ0v) is 11.4. The first kappa shape index (κ1) is 11.4. The molecule has 0 radical (unpaired) electrons. The predicted octanol–water partition coefficient (Wildman–Crippen LogP) is 3.54. The lowest BCUT2D eigenvalue weighted by molar-refractivity contribution is 0.0450. The van der Waals surface area contributed by atoms with Gasteiger partial charge in [0.2, 0.25) is 0 Å². The number of piperidine rings is 1. The van der Waals surface area contributed by atoms with E-state index in [4.69, 9.17) is 0 Å². The highest BCUT2D eigenvalue weighted by atomic mass is 15.2. The zero-order valence-electron chi connectivity index (χ0n) is 11.4. The van der Waals surface area contributed by atoms with E-state index in [1.165, 1.54) is 25.9 Å². The topological polar surface area (TPSA) is 3.24 Å². The summed E-state index contributed by atoms with van der Waals surface area (Å²) in [5, 5.41) is 0. The fourth-order valence-electron chi connectivity index (χ4n) is 3.52. The second-order valence-electron chi connectivity index (χ2n) is 7.67. The van der Waals surface area contributed by atoms with Crippen molar-refractivity contribution in [3.05, 3.63) is 0 Å². The third kappa shape index (κ3) is 1.73. The van der Waals surface area contributed by atoms with Crippen LogP contribution < -0.4 is 0 Å². The van der Waals surface area contributed by atoms with Crippen LogP contribution in [0.4, 0.5) is 0 Å². The molecule has 2 rings (SSSR count). The summed E-state index contributed by atoms with van der Waals surface area (Å²) in [5.74, 6) is 0.977. The summed E-state index contributed by atoms with van der Waals surface area (Å²) in [4.78, 5) is 2.68. The van der Waals surface area contributed by atoms with Gasteiger partial charge >= 0.3 is 0 Å². The molecule has 1 nitrogen and oxygen atoms in total. The summed E-state index contributed by atoms with van der Waals surface area (Å²) in [7, 11) is 0. The van der Waals surface area contributed by atoms with E-state index in [2.05, 4.69) is 46.4 Å². The Labute approximate surface area is 95.2 Å². The molecule has 0 N–H and O–H groups in total. The molecule has 1 heteroatoms. The summed E-state index contributed by atoms with van der Waals surface area (Å²) in [6.45, 7) is 17.0. The van der Waals surface area contributed by atoms with Crippen molar-refractivity contribution in [3.63, 3.8) is 0 Å². The first-order valence-corrected chi connectivity index (χ1v) is 6.42. The van der Waals surface area contributed by atoms with Gasteiger partial charge < -0.3 is 0 Å². The maximum absolute atomic E-state index is 2.68. The van der Waals surface area contributed by atoms with Crippen molar-refractivity contribution < 1.29 is 0 Å². The minimum Gasteiger partial charge on any atom is -0.298 e. The van der Waals surface area contributed by atoms with Gasteiger partial charge in [-0.1, -0.05) is 20.8 Å². The highest BCUT2D eigenvalue weighted by Crippen LogP contribution is 2.67. The Balaban J connectivity index is 2.04. The summed E-state index contributed by atoms with van der Waals surface area (Å²) in [6, 6.07) is 0. The standard InChI is InChI=1S/C14H27N/c1-12(2,3)14-7-8-15(13(4,5)6)10-11(14)9-14/h11H,7-10H2,1-6H3/t11?,14-/m1/s1. The normalized spacial score (nSPS) is 37.6. The van der Waals surface area contributed by atoms with E-state index in [1.54, 1.807) is 0 Å². The molecular weight excluding hydrogens is 182 g/mol. The van der Waals surface area contributed by atoms with Crippen molar-refractivity contribution in [1.29, 1.82) is 0 Å². The number of likely N-dealkylation sites (tertiary alicyclic amines) is 1. The van der Waals surface area contributed by atoms with Crippen molar-refractivity contribution in [1.82, 2.24) is 4.90 Å². The predicted molar refractivity (Wildman–Crippen MR) is 65.9 cm³/mol. The summed E-state index contributed by atoms with van der Waals surface area (Å²) >= 11 is 0. The van der Waals surface area contributed by atoms with Gasteiger partial charge in [0.05, 0.1) is 0 Å². The van der Waals surface area contributed by atoms with E-state index in [0.717, 1.165) is 5.92 Å². The van der Waals surface area contributed by atoms with Crippen LogP contribution in [0, 0.1) is 16.7 Å². The Kier molecular flexibility index (Phi) is 2.29. The van der Waals surface area contributed by atoms with Gasteiger partial charge in [0.1, 0.15) is 0 Å². The average Bonchev–Trinajstić information content (AvgIpc) is 2.74. The van der Waals surface area contributed by atoms with E-state index in [0.29, 0.717) is 16.4 Å². The maximum Gasteiger partial charge on any atom is 0.0125 e. The molecule has 0 bridgehead atoms. The van der Waals surface area contributed by atoms with Crippen molar-refractivity contribution in [2.75, 3.05) is 13.1 Å². The van der Waals surface area contributed by atoms with Crippen LogP contribution in [0.5, 0.6) is 0 Å². The first-order chi connectivity index (χ1) is 6.67. The fraction of sp³-hybridized carbons (Fsp3) is 1.00. The van der Waals surface area contributed by atoms with Gasteiger partial charge in [0.15, 0.2) is 0 Å². The molecule has 1 saturated carbocycles. The smallest absolute Gasteiger partial charge is 0.0125 e. The molecule has 1 unspecified atom stereocenters. The quantitative estimate of drug-likeness (QED) is 0.590. The molecule has 1 saturated heterocycles. The third-order valence-electron chi connectivity index (χ3n) is 4.94. The van der Waals surface area contributed by atoms with Gasteiger partial charge in [-0.15, -0.1) is 0 Å². The fourth-order valence-corrected chi connectivity index (χ4v) is 3.52. The number of fused-ring (bicyclic) bond motifs is 1. The van der Waals surface area contributed by atoms with Gasteiger partial charge in [-0.25, -0.2) is 0 Å². The van der Waals surface area contributed by atoms with E-state index in [1.807, 2.05) is 0 Å². The van der Waals surface area contributed by atoms with Gasteiger partial charge in [-0.3, -0.25) is 4.90 Å². The van der Waals surface area contributed by atoms with Crippen molar-refractivity contribution in [2.24, 2.45) is 16.7 Å². The molecule has 0 amide bonds. The molecular formula is C14H27N. The van der Waals surface area contributed by atoms with Crippen LogP contribution in [0.3, 0.4) is 0 Å². The second kappa shape index (κ2) is 3.00. The van der Waals surface area contributed by atoms with E-state index in [9.17, 15) is 0 Å². The molecule has 1 aliphatic heterocycles. The summed E-state index contributed by atoms with van der Waals surface area (Å²) in [6.07, 6.45) is 2.89. The largest absolute Gasteiger partial charge is 0.298 e. The van der Waals surface area contributed by atoms with Crippen LogP contribution in [-0.2, 0) is 0 Å². The molecule has 2 aliphatic rings. The van der Waals surface area contributed by atoms with Crippen molar-refractivity contribution in [2.45, 2.75) is 59.9 Å².